The highest BCUT2D eigenvalue weighted by atomic mass is 79.9. The molecular formula is C16H19BrO5. The third-order valence-electron chi connectivity index (χ3n) is 4.14. The largest absolute Gasteiger partial charge is 0.495 e. The molecule has 3 rings (SSSR count). The maximum atomic E-state index is 11.3. The van der Waals surface area contributed by atoms with Crippen LogP contribution in [0.3, 0.4) is 0 Å². The van der Waals surface area contributed by atoms with Crippen LogP contribution in [0.1, 0.15) is 37.2 Å². The molecule has 5 nitrogen and oxygen atoms in total. The van der Waals surface area contributed by atoms with Gasteiger partial charge in [0.05, 0.1) is 31.2 Å². The van der Waals surface area contributed by atoms with Gasteiger partial charge in [-0.15, -0.1) is 0 Å². The summed E-state index contributed by atoms with van der Waals surface area (Å²) in [5.41, 5.74) is 0.832. The molecule has 0 amide bonds. The normalized spacial score (nSPS) is 18.5. The number of carboxylic acid groups (broad SMARTS) is 1. The van der Waals surface area contributed by atoms with Crippen LogP contribution in [0.2, 0.25) is 0 Å². The van der Waals surface area contributed by atoms with Crippen molar-refractivity contribution in [2.45, 2.75) is 31.6 Å². The molecule has 1 atom stereocenters. The maximum absolute atomic E-state index is 11.3. The van der Waals surface area contributed by atoms with Gasteiger partial charge in [0, 0.05) is 24.0 Å². The van der Waals surface area contributed by atoms with Crippen LogP contribution in [-0.4, -0.2) is 31.4 Å². The first-order chi connectivity index (χ1) is 10.6. The molecule has 1 aliphatic carbocycles. The third-order valence-corrected chi connectivity index (χ3v) is 4.73. The minimum absolute atomic E-state index is 0.0767. The van der Waals surface area contributed by atoms with Crippen LogP contribution in [0.15, 0.2) is 10.5 Å². The Morgan fingerprint density at radius 3 is 2.82 bits per heavy atom. The number of ether oxygens (including phenoxy) is 3. The van der Waals surface area contributed by atoms with Crippen LogP contribution in [0.4, 0.5) is 0 Å². The van der Waals surface area contributed by atoms with Gasteiger partial charge in [-0.3, -0.25) is 4.79 Å². The predicted octanol–water partition coefficient (Wildman–Crippen LogP) is 3.59. The molecule has 0 bridgehead atoms. The van der Waals surface area contributed by atoms with Crippen molar-refractivity contribution in [1.82, 2.24) is 0 Å². The SMILES string of the molecule is COc1c(Br)cc2c(c1C(CC(=O)O)C1CC1)OCCCO2. The number of fused-ring (bicyclic) bond motifs is 1. The van der Waals surface area contributed by atoms with Gasteiger partial charge < -0.3 is 19.3 Å². The van der Waals surface area contributed by atoms with E-state index in [0.29, 0.717) is 36.4 Å². The number of methoxy groups -OCH3 is 1. The van der Waals surface area contributed by atoms with E-state index in [4.69, 9.17) is 14.2 Å². The van der Waals surface area contributed by atoms with Crippen molar-refractivity contribution >= 4 is 21.9 Å². The van der Waals surface area contributed by atoms with Crippen LogP contribution in [0.5, 0.6) is 17.2 Å². The number of carbonyl (C=O) groups is 1. The zero-order valence-corrected chi connectivity index (χ0v) is 14.0. The maximum Gasteiger partial charge on any atom is 0.303 e. The van der Waals surface area contributed by atoms with Crippen molar-refractivity contribution in [1.29, 1.82) is 0 Å². The Morgan fingerprint density at radius 2 is 2.18 bits per heavy atom. The summed E-state index contributed by atoms with van der Waals surface area (Å²) in [5.74, 6) is 1.42. The summed E-state index contributed by atoms with van der Waals surface area (Å²) < 4.78 is 18.0. The number of aliphatic carboxylic acids is 1. The van der Waals surface area contributed by atoms with Crippen LogP contribution in [0.25, 0.3) is 0 Å². The lowest BCUT2D eigenvalue weighted by Crippen LogP contribution is -2.12. The fourth-order valence-corrected chi connectivity index (χ4v) is 3.60. The molecule has 1 aromatic carbocycles. The molecule has 120 valence electrons. The second-order valence-electron chi connectivity index (χ2n) is 5.72. The minimum atomic E-state index is -0.804. The zero-order chi connectivity index (χ0) is 15.7. The molecule has 6 heteroatoms. The molecule has 1 N–H and O–H groups in total. The molecule has 22 heavy (non-hydrogen) atoms. The summed E-state index contributed by atoms with van der Waals surface area (Å²) in [4.78, 5) is 11.3. The monoisotopic (exact) mass is 370 g/mol. The quantitative estimate of drug-likeness (QED) is 0.857. The van der Waals surface area contributed by atoms with Gasteiger partial charge in [0.1, 0.15) is 5.75 Å². The Kier molecular flexibility index (Phi) is 4.47. The lowest BCUT2D eigenvalue weighted by atomic mass is 9.89. The minimum Gasteiger partial charge on any atom is -0.495 e. The van der Waals surface area contributed by atoms with Gasteiger partial charge in [-0.25, -0.2) is 0 Å². The van der Waals surface area contributed by atoms with Gasteiger partial charge in [0.2, 0.25) is 0 Å². The van der Waals surface area contributed by atoms with Gasteiger partial charge in [-0.2, -0.15) is 0 Å². The van der Waals surface area contributed by atoms with Crippen LogP contribution >= 0.6 is 15.9 Å². The summed E-state index contributed by atoms with van der Waals surface area (Å²) >= 11 is 3.51. The van der Waals surface area contributed by atoms with Crippen LogP contribution in [0, 0.1) is 5.92 Å². The van der Waals surface area contributed by atoms with Gasteiger partial charge in [-0.05, 0) is 34.7 Å². The highest BCUT2D eigenvalue weighted by molar-refractivity contribution is 9.10. The Bertz CT molecular complexity index is 582. The van der Waals surface area contributed by atoms with Crippen molar-refractivity contribution in [3.63, 3.8) is 0 Å². The van der Waals surface area contributed by atoms with Crippen molar-refractivity contribution in [3.05, 3.63) is 16.1 Å². The molecular weight excluding hydrogens is 352 g/mol. The molecule has 0 aromatic heterocycles. The van der Waals surface area contributed by atoms with Gasteiger partial charge in [-0.1, -0.05) is 0 Å². The number of hydrogen-bond acceptors (Lipinski definition) is 4. The Hall–Kier alpha value is -1.43. The summed E-state index contributed by atoms with van der Waals surface area (Å²) in [5, 5.41) is 9.29. The average molecular weight is 371 g/mol. The third kappa shape index (κ3) is 3.02. The van der Waals surface area contributed by atoms with E-state index in [2.05, 4.69) is 15.9 Å². The summed E-state index contributed by atoms with van der Waals surface area (Å²) in [7, 11) is 1.60. The highest BCUT2D eigenvalue weighted by Crippen LogP contribution is 2.54. The van der Waals surface area contributed by atoms with E-state index in [0.717, 1.165) is 29.3 Å². The Balaban J connectivity index is 2.13. The van der Waals surface area contributed by atoms with Gasteiger partial charge >= 0.3 is 5.97 Å². The van der Waals surface area contributed by atoms with E-state index < -0.39 is 5.97 Å². The second-order valence-corrected chi connectivity index (χ2v) is 6.58. The first-order valence-corrected chi connectivity index (χ1v) is 8.29. The number of carboxylic acids is 1. The molecule has 1 heterocycles. The first-order valence-electron chi connectivity index (χ1n) is 7.49. The lowest BCUT2D eigenvalue weighted by Gasteiger charge is -2.23. The number of rotatable bonds is 5. The van der Waals surface area contributed by atoms with Crippen molar-refractivity contribution in [2.24, 2.45) is 5.92 Å². The summed E-state index contributed by atoms with van der Waals surface area (Å²) in [6, 6.07) is 1.84. The Labute approximate surface area is 137 Å². The standard InChI is InChI=1S/C16H19BrO5/c1-20-15-11(17)8-12-16(22-6-2-5-21-12)14(15)10(7-13(18)19)9-3-4-9/h8-10H,2-7H2,1H3,(H,18,19). The molecule has 2 aliphatic rings. The van der Waals surface area contributed by atoms with Gasteiger partial charge in [0.25, 0.3) is 0 Å². The summed E-state index contributed by atoms with van der Waals surface area (Å²) in [6.07, 6.45) is 2.97. The van der Waals surface area contributed by atoms with E-state index in [1.807, 2.05) is 6.07 Å². The second kappa shape index (κ2) is 6.36. The topological polar surface area (TPSA) is 65.0 Å². The molecule has 1 unspecified atom stereocenters. The molecule has 1 aromatic rings. The fourth-order valence-electron chi connectivity index (χ4n) is 3.02. The molecule has 0 spiro atoms. The highest BCUT2D eigenvalue weighted by Gasteiger charge is 2.39. The lowest BCUT2D eigenvalue weighted by molar-refractivity contribution is -0.137. The number of halogens is 1. The van der Waals surface area contributed by atoms with Crippen LogP contribution < -0.4 is 14.2 Å². The summed E-state index contributed by atoms with van der Waals surface area (Å²) in [6.45, 7) is 1.16. The predicted molar refractivity (Wildman–Crippen MR) is 84.0 cm³/mol. The molecule has 0 radical (unpaired) electrons. The van der Waals surface area contributed by atoms with Gasteiger partial charge in [0.15, 0.2) is 11.5 Å². The van der Waals surface area contributed by atoms with Crippen molar-refractivity contribution in [3.8, 4) is 17.2 Å². The van der Waals surface area contributed by atoms with E-state index in [-0.39, 0.29) is 12.3 Å². The molecule has 1 saturated carbocycles. The van der Waals surface area contributed by atoms with E-state index in [9.17, 15) is 9.90 Å². The number of hydrogen-bond donors (Lipinski definition) is 1. The molecule has 1 aliphatic heterocycles. The van der Waals surface area contributed by atoms with E-state index in [1.165, 1.54) is 0 Å². The molecule has 1 fully saturated rings. The van der Waals surface area contributed by atoms with E-state index in [1.54, 1.807) is 7.11 Å². The smallest absolute Gasteiger partial charge is 0.303 e. The zero-order valence-electron chi connectivity index (χ0n) is 12.4. The molecule has 0 saturated heterocycles. The Morgan fingerprint density at radius 1 is 1.45 bits per heavy atom. The van der Waals surface area contributed by atoms with Crippen LogP contribution in [-0.2, 0) is 4.79 Å². The van der Waals surface area contributed by atoms with Crippen molar-refractivity contribution in [2.75, 3.05) is 20.3 Å². The average Bonchev–Trinajstić information content (AvgIpc) is 3.30. The van der Waals surface area contributed by atoms with Crippen molar-refractivity contribution < 1.29 is 24.1 Å². The number of benzene rings is 1. The first kappa shape index (κ1) is 15.5. The van der Waals surface area contributed by atoms with E-state index >= 15 is 0 Å². The fraction of sp³-hybridized carbons (Fsp3) is 0.562.